The van der Waals surface area contributed by atoms with E-state index in [1.54, 1.807) is 15.8 Å². The smallest absolute Gasteiger partial charge is 0.243 e. The van der Waals surface area contributed by atoms with E-state index in [0.29, 0.717) is 23.9 Å². The van der Waals surface area contributed by atoms with Gasteiger partial charge in [0.05, 0.1) is 4.90 Å². The zero-order valence-electron chi connectivity index (χ0n) is 12.8. The van der Waals surface area contributed by atoms with Crippen LogP contribution >= 0.6 is 11.3 Å². The molecule has 0 bridgehead atoms. The predicted molar refractivity (Wildman–Crippen MR) is 85.6 cm³/mol. The van der Waals surface area contributed by atoms with Gasteiger partial charge in [-0.1, -0.05) is 27.7 Å². The Morgan fingerprint density at radius 2 is 2.05 bits per heavy atom. The van der Waals surface area contributed by atoms with Crippen molar-refractivity contribution >= 4 is 21.4 Å². The number of thiophene rings is 1. The van der Waals surface area contributed by atoms with E-state index < -0.39 is 10.0 Å². The van der Waals surface area contributed by atoms with Crippen molar-refractivity contribution in [3.05, 3.63) is 16.3 Å². The maximum Gasteiger partial charge on any atom is 0.243 e. The number of sulfonamides is 1. The normalized spacial score (nSPS) is 12.5. The van der Waals surface area contributed by atoms with Crippen LogP contribution in [0.3, 0.4) is 0 Å². The third-order valence-corrected chi connectivity index (χ3v) is 5.92. The van der Waals surface area contributed by atoms with Crippen molar-refractivity contribution in [2.24, 2.45) is 5.92 Å². The van der Waals surface area contributed by atoms with Gasteiger partial charge in [0.2, 0.25) is 10.0 Å². The predicted octanol–water partition coefficient (Wildman–Crippen LogP) is 2.91. The molecule has 0 saturated heterocycles. The van der Waals surface area contributed by atoms with Crippen LogP contribution in [0.4, 0.5) is 0 Å². The highest BCUT2D eigenvalue weighted by atomic mass is 32.2. The topological polar surface area (TPSA) is 49.4 Å². The largest absolute Gasteiger partial charge is 0.312 e. The molecule has 0 radical (unpaired) electrons. The molecule has 0 aliphatic carbocycles. The third-order valence-electron chi connectivity index (χ3n) is 2.91. The van der Waals surface area contributed by atoms with Gasteiger partial charge in [-0.05, 0) is 24.9 Å². The van der Waals surface area contributed by atoms with Gasteiger partial charge in [-0.25, -0.2) is 8.42 Å². The zero-order chi connectivity index (χ0) is 15.2. The molecule has 0 saturated carbocycles. The summed E-state index contributed by atoms with van der Waals surface area (Å²) in [5.74, 6) is 0.328. The van der Waals surface area contributed by atoms with Crippen LogP contribution in [0.2, 0.25) is 0 Å². The van der Waals surface area contributed by atoms with Gasteiger partial charge in [-0.3, -0.25) is 0 Å². The van der Waals surface area contributed by atoms with Crippen LogP contribution < -0.4 is 5.32 Å². The highest BCUT2D eigenvalue weighted by Gasteiger charge is 2.24. The summed E-state index contributed by atoms with van der Waals surface area (Å²) in [5, 5.41) is 5.04. The SMILES string of the molecule is CCCNCc1cc(S(=O)(=O)N(CC)CC(C)C)cs1. The third kappa shape index (κ3) is 4.84. The quantitative estimate of drug-likeness (QED) is 0.712. The van der Waals surface area contributed by atoms with Crippen molar-refractivity contribution in [3.63, 3.8) is 0 Å². The molecular weight excluding hydrogens is 292 g/mol. The maximum absolute atomic E-state index is 12.6. The number of nitrogens with one attached hydrogen (secondary N) is 1. The molecule has 0 unspecified atom stereocenters. The monoisotopic (exact) mass is 318 g/mol. The van der Waals surface area contributed by atoms with Gasteiger partial charge < -0.3 is 5.32 Å². The summed E-state index contributed by atoms with van der Waals surface area (Å²) in [6, 6.07) is 1.80. The minimum absolute atomic E-state index is 0.328. The lowest BCUT2D eigenvalue weighted by molar-refractivity contribution is 0.381. The first kappa shape index (κ1) is 17.6. The van der Waals surface area contributed by atoms with Crippen LogP contribution in [0.5, 0.6) is 0 Å². The standard InChI is InChI=1S/C14H26N2O2S2/c1-5-7-15-9-13-8-14(11-19-13)20(17,18)16(6-2)10-12(3)4/h8,11-12,15H,5-7,9-10H2,1-4H3. The second kappa shape index (κ2) is 8.12. The molecule has 0 aliphatic rings. The molecule has 0 atom stereocenters. The summed E-state index contributed by atoms with van der Waals surface area (Å²) >= 11 is 1.51. The average molecular weight is 319 g/mol. The summed E-state index contributed by atoms with van der Waals surface area (Å²) in [4.78, 5) is 1.50. The Morgan fingerprint density at radius 1 is 1.35 bits per heavy atom. The second-order valence-electron chi connectivity index (χ2n) is 5.28. The molecule has 0 fully saturated rings. The average Bonchev–Trinajstić information content (AvgIpc) is 2.85. The molecule has 0 aromatic carbocycles. The lowest BCUT2D eigenvalue weighted by Gasteiger charge is -2.21. The molecule has 0 amide bonds. The second-order valence-corrected chi connectivity index (χ2v) is 8.21. The lowest BCUT2D eigenvalue weighted by atomic mass is 10.2. The van der Waals surface area contributed by atoms with Crippen molar-refractivity contribution < 1.29 is 8.42 Å². The Labute approximate surface area is 127 Å². The van der Waals surface area contributed by atoms with E-state index in [-0.39, 0.29) is 0 Å². The van der Waals surface area contributed by atoms with Crippen LogP contribution in [-0.4, -0.2) is 32.4 Å². The fourth-order valence-corrected chi connectivity index (χ4v) is 4.78. The Hall–Kier alpha value is -0.430. The van der Waals surface area contributed by atoms with Gasteiger partial charge in [0, 0.05) is 29.9 Å². The van der Waals surface area contributed by atoms with Crippen LogP contribution in [0.15, 0.2) is 16.3 Å². The molecule has 6 heteroatoms. The minimum atomic E-state index is -3.34. The van der Waals surface area contributed by atoms with Crippen molar-refractivity contribution in [1.29, 1.82) is 0 Å². The van der Waals surface area contributed by atoms with E-state index in [2.05, 4.69) is 12.2 Å². The van der Waals surface area contributed by atoms with Crippen molar-refractivity contribution in [1.82, 2.24) is 9.62 Å². The van der Waals surface area contributed by atoms with E-state index in [1.807, 2.05) is 20.8 Å². The molecule has 116 valence electrons. The Balaban J connectivity index is 2.81. The Bertz CT molecular complexity index is 495. The van der Waals surface area contributed by atoms with Gasteiger partial charge in [0.15, 0.2) is 0 Å². The first-order chi connectivity index (χ1) is 9.41. The molecule has 1 aromatic rings. The molecule has 1 aromatic heterocycles. The van der Waals surface area contributed by atoms with Gasteiger partial charge in [0.25, 0.3) is 0 Å². The van der Waals surface area contributed by atoms with Crippen LogP contribution in [0, 0.1) is 5.92 Å². The summed E-state index contributed by atoms with van der Waals surface area (Å²) in [7, 11) is -3.34. The van der Waals surface area contributed by atoms with Crippen LogP contribution in [0.1, 0.15) is 39.0 Å². The van der Waals surface area contributed by atoms with Gasteiger partial charge in [0.1, 0.15) is 0 Å². The van der Waals surface area contributed by atoms with Crippen LogP contribution in [0.25, 0.3) is 0 Å². The summed E-state index contributed by atoms with van der Waals surface area (Å²) in [5.41, 5.74) is 0. The van der Waals surface area contributed by atoms with E-state index >= 15 is 0 Å². The van der Waals surface area contributed by atoms with Gasteiger partial charge in [-0.15, -0.1) is 11.3 Å². The first-order valence-corrected chi connectivity index (χ1v) is 9.52. The van der Waals surface area contributed by atoms with Crippen LogP contribution in [-0.2, 0) is 16.6 Å². The molecule has 0 spiro atoms. The van der Waals surface area contributed by atoms with E-state index in [4.69, 9.17) is 0 Å². The fourth-order valence-electron chi connectivity index (χ4n) is 1.93. The van der Waals surface area contributed by atoms with E-state index in [0.717, 1.165) is 24.4 Å². The first-order valence-electron chi connectivity index (χ1n) is 7.20. The molecule has 20 heavy (non-hydrogen) atoms. The molecule has 0 aliphatic heterocycles. The minimum Gasteiger partial charge on any atom is -0.312 e. The zero-order valence-corrected chi connectivity index (χ0v) is 14.5. The number of hydrogen-bond acceptors (Lipinski definition) is 4. The molecule has 1 N–H and O–H groups in total. The summed E-state index contributed by atoms with van der Waals surface area (Å²) in [6.07, 6.45) is 1.08. The van der Waals surface area contributed by atoms with Gasteiger partial charge in [-0.2, -0.15) is 4.31 Å². The van der Waals surface area contributed by atoms with Crippen molar-refractivity contribution in [2.75, 3.05) is 19.6 Å². The van der Waals surface area contributed by atoms with E-state index in [1.165, 1.54) is 11.3 Å². The lowest BCUT2D eigenvalue weighted by Crippen LogP contribution is -2.33. The summed E-state index contributed by atoms with van der Waals surface area (Å²) < 4.78 is 26.7. The highest BCUT2D eigenvalue weighted by Crippen LogP contribution is 2.23. The fraction of sp³-hybridized carbons (Fsp3) is 0.714. The molecule has 1 rings (SSSR count). The number of hydrogen-bond donors (Lipinski definition) is 1. The van der Waals surface area contributed by atoms with E-state index in [9.17, 15) is 8.42 Å². The molecular formula is C14H26N2O2S2. The van der Waals surface area contributed by atoms with Crippen molar-refractivity contribution in [3.8, 4) is 0 Å². The molecule has 1 heterocycles. The number of rotatable bonds is 9. The highest BCUT2D eigenvalue weighted by molar-refractivity contribution is 7.89. The van der Waals surface area contributed by atoms with Crippen molar-refractivity contribution in [2.45, 2.75) is 45.6 Å². The number of nitrogens with zero attached hydrogens (tertiary/aromatic N) is 1. The molecule has 4 nitrogen and oxygen atoms in total. The maximum atomic E-state index is 12.6. The Morgan fingerprint density at radius 3 is 2.60 bits per heavy atom. The van der Waals surface area contributed by atoms with Gasteiger partial charge >= 0.3 is 0 Å². The Kier molecular flexibility index (Phi) is 7.15. The summed E-state index contributed by atoms with van der Waals surface area (Å²) in [6.45, 7) is 10.8.